The first-order valence-corrected chi connectivity index (χ1v) is 7.92. The Labute approximate surface area is 148 Å². The molecule has 0 aliphatic rings. The van der Waals surface area contributed by atoms with Crippen LogP contribution in [0.25, 0.3) is 11.0 Å². The Balaban J connectivity index is 1.42. The number of nitrogens with one attached hydrogen (secondary N) is 1. The highest BCUT2D eigenvalue weighted by atomic mass is 19.1. The van der Waals surface area contributed by atoms with Crippen molar-refractivity contribution in [3.63, 3.8) is 0 Å². The molecule has 0 saturated heterocycles. The predicted octanol–water partition coefficient (Wildman–Crippen LogP) is 2.51. The summed E-state index contributed by atoms with van der Waals surface area (Å²) in [5, 5.41) is 3.41. The first-order chi connectivity index (χ1) is 12.6. The fourth-order valence-corrected chi connectivity index (χ4v) is 2.22. The normalized spacial score (nSPS) is 10.5. The molecule has 0 bridgehead atoms. The molecule has 26 heavy (non-hydrogen) atoms. The molecule has 0 spiro atoms. The van der Waals surface area contributed by atoms with Crippen molar-refractivity contribution in [3.05, 3.63) is 70.8 Å². The molecular weight excluding hydrogens is 341 g/mol. The summed E-state index contributed by atoms with van der Waals surface area (Å²) in [5.74, 6) is 0.289. The Morgan fingerprint density at radius 3 is 2.54 bits per heavy atom. The lowest BCUT2D eigenvalue weighted by Gasteiger charge is -2.09. The molecule has 7 heteroatoms. The van der Waals surface area contributed by atoms with E-state index in [9.17, 15) is 14.0 Å². The van der Waals surface area contributed by atoms with Crippen LogP contribution < -0.4 is 20.4 Å². The number of rotatable bonds is 7. The molecule has 1 amide bonds. The average Bonchev–Trinajstić information content (AvgIpc) is 2.64. The van der Waals surface area contributed by atoms with E-state index in [0.717, 1.165) is 5.39 Å². The lowest BCUT2D eigenvalue weighted by Crippen LogP contribution is -2.32. The third-order valence-electron chi connectivity index (χ3n) is 3.47. The highest BCUT2D eigenvalue weighted by Gasteiger charge is 2.05. The topological polar surface area (TPSA) is 77.8 Å². The van der Waals surface area contributed by atoms with E-state index < -0.39 is 5.63 Å². The molecule has 0 radical (unpaired) electrons. The van der Waals surface area contributed by atoms with Crippen LogP contribution in [0, 0.1) is 5.82 Å². The number of carbonyl (C=O) groups is 1. The Hall–Kier alpha value is -3.35. The van der Waals surface area contributed by atoms with Crippen molar-refractivity contribution in [1.29, 1.82) is 0 Å². The van der Waals surface area contributed by atoms with Crippen molar-refractivity contribution < 1.29 is 23.1 Å². The highest BCUT2D eigenvalue weighted by molar-refractivity contribution is 5.79. The molecule has 0 aliphatic heterocycles. The van der Waals surface area contributed by atoms with Gasteiger partial charge in [-0.1, -0.05) is 0 Å². The van der Waals surface area contributed by atoms with Crippen molar-refractivity contribution in [2.24, 2.45) is 0 Å². The minimum absolute atomic E-state index is 0.181. The molecule has 1 N–H and O–H groups in total. The number of hydrogen-bond acceptors (Lipinski definition) is 5. The second-order valence-electron chi connectivity index (χ2n) is 5.40. The van der Waals surface area contributed by atoms with Gasteiger partial charge in [0.15, 0.2) is 6.61 Å². The zero-order chi connectivity index (χ0) is 18.4. The second-order valence-corrected chi connectivity index (χ2v) is 5.40. The van der Waals surface area contributed by atoms with E-state index in [0.29, 0.717) is 17.1 Å². The number of fused-ring (bicyclic) bond motifs is 1. The van der Waals surface area contributed by atoms with Gasteiger partial charge in [0, 0.05) is 17.5 Å². The molecule has 1 aromatic heterocycles. The van der Waals surface area contributed by atoms with Crippen molar-refractivity contribution in [2.45, 2.75) is 0 Å². The molecule has 0 unspecified atom stereocenters. The fourth-order valence-electron chi connectivity index (χ4n) is 2.22. The van der Waals surface area contributed by atoms with E-state index in [1.54, 1.807) is 24.3 Å². The van der Waals surface area contributed by atoms with Crippen molar-refractivity contribution in [3.8, 4) is 11.5 Å². The van der Waals surface area contributed by atoms with Crippen LogP contribution in [0.4, 0.5) is 4.39 Å². The smallest absolute Gasteiger partial charge is 0.336 e. The Morgan fingerprint density at radius 1 is 1.00 bits per heavy atom. The lowest BCUT2D eigenvalue weighted by molar-refractivity contribution is -0.123. The molecular formula is C19H16FNO5. The first kappa shape index (κ1) is 17.5. The van der Waals surface area contributed by atoms with Gasteiger partial charge < -0.3 is 19.2 Å². The number of benzene rings is 2. The van der Waals surface area contributed by atoms with Gasteiger partial charge in [0.1, 0.15) is 29.5 Å². The van der Waals surface area contributed by atoms with Crippen LogP contribution in [0.1, 0.15) is 0 Å². The summed E-state index contributed by atoms with van der Waals surface area (Å²) in [4.78, 5) is 23.0. The molecule has 2 aromatic carbocycles. The van der Waals surface area contributed by atoms with Gasteiger partial charge in [-0.3, -0.25) is 4.79 Å². The van der Waals surface area contributed by atoms with Crippen LogP contribution in [0.15, 0.2) is 63.8 Å². The highest BCUT2D eigenvalue weighted by Crippen LogP contribution is 2.19. The number of halogens is 1. The third kappa shape index (κ3) is 4.83. The van der Waals surface area contributed by atoms with Crippen molar-refractivity contribution in [1.82, 2.24) is 5.32 Å². The zero-order valence-corrected chi connectivity index (χ0v) is 13.7. The van der Waals surface area contributed by atoms with Gasteiger partial charge in [-0.2, -0.15) is 0 Å². The summed E-state index contributed by atoms with van der Waals surface area (Å²) >= 11 is 0. The standard InChI is InChI=1S/C19H16FNO5/c20-14-3-6-15(7-4-14)24-10-9-21-18(22)12-25-16-5-1-13-2-8-19(23)26-17(13)11-16/h1-8,11H,9-10,12H2,(H,21,22). The van der Waals surface area contributed by atoms with Gasteiger partial charge in [-0.15, -0.1) is 0 Å². The van der Waals surface area contributed by atoms with Gasteiger partial charge in [0.2, 0.25) is 0 Å². The van der Waals surface area contributed by atoms with Gasteiger partial charge >= 0.3 is 5.63 Å². The van der Waals surface area contributed by atoms with E-state index in [2.05, 4.69) is 5.32 Å². The number of amides is 1. The largest absolute Gasteiger partial charge is 0.492 e. The fraction of sp³-hybridized carbons (Fsp3) is 0.158. The first-order valence-electron chi connectivity index (χ1n) is 7.92. The molecule has 3 aromatic rings. The summed E-state index contributed by atoms with van der Waals surface area (Å²) in [6.07, 6.45) is 0. The maximum absolute atomic E-state index is 12.8. The van der Waals surface area contributed by atoms with Gasteiger partial charge in [0.25, 0.3) is 5.91 Å². The Kier molecular flexibility index (Phi) is 5.48. The predicted molar refractivity (Wildman–Crippen MR) is 92.9 cm³/mol. The van der Waals surface area contributed by atoms with Gasteiger partial charge in [-0.05, 0) is 42.5 Å². The molecule has 0 saturated carbocycles. The van der Waals surface area contributed by atoms with Crippen LogP contribution in [0.2, 0.25) is 0 Å². The minimum atomic E-state index is -0.450. The molecule has 6 nitrogen and oxygen atoms in total. The molecule has 0 atom stereocenters. The van der Waals surface area contributed by atoms with E-state index in [1.807, 2.05) is 0 Å². The van der Waals surface area contributed by atoms with Crippen LogP contribution in [-0.2, 0) is 4.79 Å². The average molecular weight is 357 g/mol. The Bertz CT molecular complexity index is 952. The number of ether oxygens (including phenoxy) is 2. The van der Waals surface area contributed by atoms with Gasteiger partial charge in [-0.25, -0.2) is 9.18 Å². The number of carbonyl (C=O) groups excluding carboxylic acids is 1. The summed E-state index contributed by atoms with van der Waals surface area (Å²) < 4.78 is 28.6. The van der Waals surface area contributed by atoms with Crippen LogP contribution in [0.5, 0.6) is 11.5 Å². The molecule has 0 aliphatic carbocycles. The SMILES string of the molecule is O=C(COc1ccc2ccc(=O)oc2c1)NCCOc1ccc(F)cc1. The summed E-state index contributed by atoms with van der Waals surface area (Å²) in [6, 6.07) is 13.6. The Morgan fingerprint density at radius 2 is 1.73 bits per heavy atom. The van der Waals surface area contributed by atoms with E-state index in [1.165, 1.54) is 30.3 Å². The maximum Gasteiger partial charge on any atom is 0.336 e. The quantitative estimate of drug-likeness (QED) is 0.519. The second kappa shape index (κ2) is 8.15. The molecule has 3 rings (SSSR count). The number of hydrogen-bond donors (Lipinski definition) is 1. The van der Waals surface area contributed by atoms with Crippen LogP contribution in [-0.4, -0.2) is 25.7 Å². The van der Waals surface area contributed by atoms with Crippen LogP contribution in [0.3, 0.4) is 0 Å². The summed E-state index contributed by atoms with van der Waals surface area (Å²) in [5.41, 5.74) is -0.0587. The van der Waals surface area contributed by atoms with E-state index >= 15 is 0 Å². The lowest BCUT2D eigenvalue weighted by atomic mass is 10.2. The maximum atomic E-state index is 12.8. The van der Waals surface area contributed by atoms with Crippen molar-refractivity contribution in [2.75, 3.05) is 19.8 Å². The van der Waals surface area contributed by atoms with E-state index in [4.69, 9.17) is 13.9 Å². The summed E-state index contributed by atoms with van der Waals surface area (Å²) in [6.45, 7) is 0.351. The van der Waals surface area contributed by atoms with Gasteiger partial charge in [0.05, 0.1) is 6.54 Å². The summed E-state index contributed by atoms with van der Waals surface area (Å²) in [7, 11) is 0. The minimum Gasteiger partial charge on any atom is -0.492 e. The van der Waals surface area contributed by atoms with Crippen LogP contribution >= 0.6 is 0 Å². The molecule has 134 valence electrons. The van der Waals surface area contributed by atoms with E-state index in [-0.39, 0.29) is 31.5 Å². The monoisotopic (exact) mass is 357 g/mol. The molecule has 0 fully saturated rings. The molecule has 1 heterocycles. The third-order valence-corrected chi connectivity index (χ3v) is 3.47. The zero-order valence-electron chi connectivity index (χ0n) is 13.7. The van der Waals surface area contributed by atoms with Crippen molar-refractivity contribution >= 4 is 16.9 Å².